The average molecular weight is 330 g/mol. The predicted molar refractivity (Wildman–Crippen MR) is 91.1 cm³/mol. The molecule has 1 aromatic heterocycles. The second-order valence-corrected chi connectivity index (χ2v) is 5.51. The number of likely N-dealkylation sites (N-methyl/N-ethyl adjacent to an activating group) is 1. The van der Waals surface area contributed by atoms with Crippen LogP contribution in [0.4, 0.5) is 4.39 Å². The summed E-state index contributed by atoms with van der Waals surface area (Å²) >= 11 is 0. The third-order valence-corrected chi connectivity index (χ3v) is 3.90. The van der Waals surface area contributed by atoms with Gasteiger partial charge in [-0.2, -0.15) is 0 Å². The highest BCUT2D eigenvalue weighted by atomic mass is 19.1. The van der Waals surface area contributed by atoms with E-state index in [1.807, 2.05) is 26.0 Å². The zero-order valence-electron chi connectivity index (χ0n) is 14.3. The minimum atomic E-state index is -0.323. The molecule has 0 spiro atoms. The van der Waals surface area contributed by atoms with Crippen LogP contribution in [-0.4, -0.2) is 35.5 Å². The van der Waals surface area contributed by atoms with Gasteiger partial charge in [-0.1, -0.05) is 18.2 Å². The van der Waals surface area contributed by atoms with Gasteiger partial charge in [-0.3, -0.25) is 9.78 Å². The van der Waals surface area contributed by atoms with Gasteiger partial charge in [0.2, 0.25) is 5.91 Å². The number of halogens is 1. The van der Waals surface area contributed by atoms with E-state index in [1.54, 1.807) is 36.4 Å². The molecule has 1 heterocycles. The molecule has 0 saturated carbocycles. The first-order chi connectivity index (χ1) is 11.6. The van der Waals surface area contributed by atoms with Crippen molar-refractivity contribution in [1.29, 1.82) is 0 Å². The Kier molecular flexibility index (Phi) is 6.44. The molecule has 2 rings (SSSR count). The van der Waals surface area contributed by atoms with Gasteiger partial charge in [0, 0.05) is 25.5 Å². The highest BCUT2D eigenvalue weighted by molar-refractivity contribution is 5.78. The van der Waals surface area contributed by atoms with E-state index >= 15 is 0 Å². The van der Waals surface area contributed by atoms with Crippen LogP contribution in [0.3, 0.4) is 0 Å². The number of benzene rings is 1. The SMILES string of the molecule is CCOCC(=O)N(CC)[C@H](c1cccnc1)c1ccc(F)c(C)c1. The molecule has 128 valence electrons. The largest absolute Gasteiger partial charge is 0.372 e. The van der Waals surface area contributed by atoms with Gasteiger partial charge < -0.3 is 9.64 Å². The fraction of sp³-hybridized carbons (Fsp3) is 0.368. The monoisotopic (exact) mass is 330 g/mol. The van der Waals surface area contributed by atoms with Crippen LogP contribution in [0.1, 0.15) is 36.6 Å². The van der Waals surface area contributed by atoms with Gasteiger partial charge in [0.15, 0.2) is 0 Å². The topological polar surface area (TPSA) is 42.4 Å². The Balaban J connectivity index is 2.45. The lowest BCUT2D eigenvalue weighted by molar-refractivity contribution is -0.137. The highest BCUT2D eigenvalue weighted by Gasteiger charge is 2.26. The molecule has 24 heavy (non-hydrogen) atoms. The molecule has 0 fully saturated rings. The summed E-state index contributed by atoms with van der Waals surface area (Å²) in [4.78, 5) is 18.5. The maximum Gasteiger partial charge on any atom is 0.249 e. The van der Waals surface area contributed by atoms with Crippen molar-refractivity contribution >= 4 is 5.91 Å². The number of pyridine rings is 1. The minimum Gasteiger partial charge on any atom is -0.372 e. The second kappa shape index (κ2) is 8.55. The summed E-state index contributed by atoms with van der Waals surface area (Å²) in [6.45, 7) is 6.52. The van der Waals surface area contributed by atoms with Crippen molar-refractivity contribution in [3.8, 4) is 0 Å². The molecular weight excluding hydrogens is 307 g/mol. The maximum absolute atomic E-state index is 13.7. The van der Waals surface area contributed by atoms with Crippen LogP contribution in [0, 0.1) is 12.7 Å². The van der Waals surface area contributed by atoms with Crippen LogP contribution in [0.2, 0.25) is 0 Å². The molecule has 0 aliphatic heterocycles. The Morgan fingerprint density at radius 1 is 1.29 bits per heavy atom. The van der Waals surface area contributed by atoms with Crippen molar-refractivity contribution in [3.05, 3.63) is 65.2 Å². The second-order valence-electron chi connectivity index (χ2n) is 5.51. The van der Waals surface area contributed by atoms with Crippen molar-refractivity contribution in [2.75, 3.05) is 19.8 Å². The molecule has 0 N–H and O–H groups in total. The molecule has 1 amide bonds. The van der Waals surface area contributed by atoms with Gasteiger partial charge in [0.1, 0.15) is 12.4 Å². The van der Waals surface area contributed by atoms with E-state index in [0.717, 1.165) is 11.1 Å². The summed E-state index contributed by atoms with van der Waals surface area (Å²) in [6.07, 6.45) is 3.43. The molecule has 2 aromatic rings. The van der Waals surface area contributed by atoms with E-state index in [4.69, 9.17) is 4.74 Å². The van der Waals surface area contributed by atoms with Crippen LogP contribution in [0.25, 0.3) is 0 Å². The number of aromatic nitrogens is 1. The number of ether oxygens (including phenoxy) is 1. The summed E-state index contributed by atoms with van der Waals surface area (Å²) in [5, 5.41) is 0. The minimum absolute atomic E-state index is 0.0290. The number of rotatable bonds is 7. The standard InChI is InChI=1S/C19H23FN2O2/c1-4-22(18(23)13-24-5-2)19(16-7-6-10-21-12-16)15-8-9-17(20)14(3)11-15/h6-12,19H,4-5,13H2,1-3H3/t19-/m0/s1. The molecule has 4 nitrogen and oxygen atoms in total. The lowest BCUT2D eigenvalue weighted by Gasteiger charge is -2.31. The number of hydrogen-bond donors (Lipinski definition) is 0. The van der Waals surface area contributed by atoms with Crippen molar-refractivity contribution in [2.45, 2.75) is 26.8 Å². The molecule has 5 heteroatoms. The van der Waals surface area contributed by atoms with Crippen molar-refractivity contribution in [1.82, 2.24) is 9.88 Å². The first-order valence-corrected chi connectivity index (χ1v) is 8.11. The zero-order valence-corrected chi connectivity index (χ0v) is 14.3. The summed E-state index contributed by atoms with van der Waals surface area (Å²) in [5.41, 5.74) is 2.29. The quantitative estimate of drug-likeness (QED) is 0.780. The molecule has 1 atom stereocenters. The Morgan fingerprint density at radius 2 is 2.08 bits per heavy atom. The van der Waals surface area contributed by atoms with Crippen LogP contribution < -0.4 is 0 Å². The summed E-state index contributed by atoms with van der Waals surface area (Å²) in [6, 6.07) is 8.37. The van der Waals surface area contributed by atoms with E-state index in [9.17, 15) is 9.18 Å². The summed E-state index contributed by atoms with van der Waals surface area (Å²) in [5.74, 6) is -0.359. The molecule has 0 unspecified atom stereocenters. The first-order valence-electron chi connectivity index (χ1n) is 8.11. The third-order valence-electron chi connectivity index (χ3n) is 3.90. The number of nitrogens with zero attached hydrogens (tertiary/aromatic N) is 2. The fourth-order valence-electron chi connectivity index (χ4n) is 2.70. The van der Waals surface area contributed by atoms with Crippen LogP contribution in [0.15, 0.2) is 42.7 Å². The van der Waals surface area contributed by atoms with Gasteiger partial charge in [0.25, 0.3) is 0 Å². The summed E-state index contributed by atoms with van der Waals surface area (Å²) in [7, 11) is 0. The predicted octanol–water partition coefficient (Wildman–Crippen LogP) is 3.50. The zero-order chi connectivity index (χ0) is 17.5. The molecule has 0 saturated heterocycles. The first kappa shape index (κ1) is 18.1. The van der Waals surface area contributed by atoms with Gasteiger partial charge in [-0.25, -0.2) is 4.39 Å². The lowest BCUT2D eigenvalue weighted by Crippen LogP contribution is -2.38. The Labute approximate surface area is 142 Å². The number of carbonyl (C=O) groups excluding carboxylic acids is 1. The van der Waals surface area contributed by atoms with E-state index in [0.29, 0.717) is 18.7 Å². The molecule has 0 radical (unpaired) electrons. The maximum atomic E-state index is 13.7. The van der Waals surface area contributed by atoms with E-state index in [-0.39, 0.29) is 24.4 Å². The fourth-order valence-corrected chi connectivity index (χ4v) is 2.70. The van der Waals surface area contributed by atoms with E-state index in [1.165, 1.54) is 6.07 Å². The Morgan fingerprint density at radius 3 is 2.67 bits per heavy atom. The Hall–Kier alpha value is -2.27. The van der Waals surface area contributed by atoms with E-state index in [2.05, 4.69) is 4.98 Å². The van der Waals surface area contributed by atoms with Crippen molar-refractivity contribution in [3.63, 3.8) is 0 Å². The van der Waals surface area contributed by atoms with Gasteiger partial charge in [-0.05, 0) is 49.6 Å². The molecule has 0 aliphatic carbocycles. The number of carbonyl (C=O) groups is 1. The van der Waals surface area contributed by atoms with Crippen LogP contribution >= 0.6 is 0 Å². The average Bonchev–Trinajstić information content (AvgIpc) is 2.60. The third kappa shape index (κ3) is 4.17. The number of aryl methyl sites for hydroxylation is 1. The highest BCUT2D eigenvalue weighted by Crippen LogP contribution is 2.29. The molecule has 0 bridgehead atoms. The van der Waals surface area contributed by atoms with E-state index < -0.39 is 0 Å². The lowest BCUT2D eigenvalue weighted by atomic mass is 9.96. The smallest absolute Gasteiger partial charge is 0.249 e. The number of hydrogen-bond acceptors (Lipinski definition) is 3. The molecule has 1 aromatic carbocycles. The van der Waals surface area contributed by atoms with Gasteiger partial charge >= 0.3 is 0 Å². The van der Waals surface area contributed by atoms with Crippen LogP contribution in [-0.2, 0) is 9.53 Å². The van der Waals surface area contributed by atoms with Crippen LogP contribution in [0.5, 0.6) is 0 Å². The Bertz CT molecular complexity index is 676. The van der Waals surface area contributed by atoms with Gasteiger partial charge in [0.05, 0.1) is 6.04 Å². The summed E-state index contributed by atoms with van der Waals surface area (Å²) < 4.78 is 18.9. The number of amides is 1. The van der Waals surface area contributed by atoms with Gasteiger partial charge in [-0.15, -0.1) is 0 Å². The molecule has 0 aliphatic rings. The van der Waals surface area contributed by atoms with Crippen molar-refractivity contribution < 1.29 is 13.9 Å². The normalized spacial score (nSPS) is 12.0. The van der Waals surface area contributed by atoms with Crippen molar-refractivity contribution in [2.24, 2.45) is 0 Å². The molecular formula is C19H23FN2O2.